The maximum atomic E-state index is 12.7. The first kappa shape index (κ1) is 14.6. The van der Waals surface area contributed by atoms with Gasteiger partial charge in [0.15, 0.2) is 0 Å². The fourth-order valence-corrected chi connectivity index (χ4v) is 1.14. The summed E-state index contributed by atoms with van der Waals surface area (Å²) in [5.41, 5.74) is 0.325. The molecule has 0 unspecified atom stereocenters. The molecular weight excluding hydrogens is 253 g/mol. The van der Waals surface area contributed by atoms with Crippen molar-refractivity contribution in [2.75, 3.05) is 14.2 Å². The molecule has 0 saturated carbocycles. The SMILES string of the molecule is COC(=O)CC(=C=Nc1ccc(F)cc1)C(=O)OC. The fourth-order valence-electron chi connectivity index (χ4n) is 1.14. The Morgan fingerprint density at radius 3 is 2.37 bits per heavy atom. The number of nitrogens with zero attached hydrogens (tertiary/aromatic N) is 1. The Kier molecular flexibility index (Phi) is 5.44. The molecule has 0 saturated heterocycles. The summed E-state index contributed by atoms with van der Waals surface area (Å²) in [7, 11) is 2.38. The lowest BCUT2D eigenvalue weighted by Crippen LogP contribution is -2.11. The summed E-state index contributed by atoms with van der Waals surface area (Å²) in [6.07, 6.45) is -0.298. The van der Waals surface area contributed by atoms with E-state index in [9.17, 15) is 14.0 Å². The molecule has 0 aliphatic rings. The molecule has 6 heteroatoms. The van der Waals surface area contributed by atoms with E-state index in [2.05, 4.69) is 20.3 Å². The maximum absolute atomic E-state index is 12.7. The number of esters is 2. The number of halogens is 1. The molecule has 0 amide bonds. The zero-order valence-corrected chi connectivity index (χ0v) is 10.5. The van der Waals surface area contributed by atoms with Crippen LogP contribution in [0.2, 0.25) is 0 Å². The van der Waals surface area contributed by atoms with Gasteiger partial charge in [-0.2, -0.15) is 0 Å². The molecule has 1 aromatic carbocycles. The van der Waals surface area contributed by atoms with Gasteiger partial charge in [-0.05, 0) is 30.1 Å². The summed E-state index contributed by atoms with van der Waals surface area (Å²) in [6.45, 7) is 0. The molecule has 5 nitrogen and oxygen atoms in total. The molecule has 0 radical (unpaired) electrons. The first-order valence-corrected chi connectivity index (χ1v) is 5.30. The summed E-state index contributed by atoms with van der Waals surface area (Å²) < 4.78 is 21.6. The largest absolute Gasteiger partial charge is 0.469 e. The van der Waals surface area contributed by atoms with Crippen LogP contribution in [0, 0.1) is 5.82 Å². The molecule has 0 fully saturated rings. The van der Waals surface area contributed by atoms with E-state index < -0.39 is 17.8 Å². The van der Waals surface area contributed by atoms with Crippen LogP contribution in [0.1, 0.15) is 6.42 Å². The highest BCUT2D eigenvalue weighted by Gasteiger charge is 2.14. The Morgan fingerprint density at radius 1 is 1.21 bits per heavy atom. The second kappa shape index (κ2) is 7.08. The molecule has 0 aliphatic heterocycles. The normalized spacial score (nSPS) is 9.21. The van der Waals surface area contributed by atoms with E-state index in [4.69, 9.17) is 0 Å². The van der Waals surface area contributed by atoms with Crippen molar-refractivity contribution in [3.05, 3.63) is 35.7 Å². The van der Waals surface area contributed by atoms with Gasteiger partial charge in [0.1, 0.15) is 11.4 Å². The minimum Gasteiger partial charge on any atom is -0.469 e. The van der Waals surface area contributed by atoms with E-state index in [0.29, 0.717) is 5.69 Å². The van der Waals surface area contributed by atoms with Gasteiger partial charge in [-0.15, -0.1) is 0 Å². The quantitative estimate of drug-likeness (QED) is 0.473. The van der Waals surface area contributed by atoms with Crippen molar-refractivity contribution in [1.29, 1.82) is 0 Å². The third kappa shape index (κ3) is 4.73. The second-order valence-electron chi connectivity index (χ2n) is 3.42. The number of methoxy groups -OCH3 is 2. The average Bonchev–Trinajstić information content (AvgIpc) is 2.43. The summed E-state index contributed by atoms with van der Waals surface area (Å²) in [5, 5.41) is 0. The number of benzene rings is 1. The predicted octanol–water partition coefficient (Wildman–Crippen LogP) is 1.79. The minimum atomic E-state index is -0.726. The summed E-state index contributed by atoms with van der Waals surface area (Å²) in [6, 6.07) is 5.27. The highest BCUT2D eigenvalue weighted by Crippen LogP contribution is 2.11. The third-order valence-electron chi connectivity index (χ3n) is 2.13. The molecule has 0 bridgehead atoms. The predicted molar refractivity (Wildman–Crippen MR) is 65.7 cm³/mol. The number of aliphatic imine (C=N–C) groups is 1. The number of carbonyl (C=O) groups is 2. The van der Waals surface area contributed by atoms with E-state index >= 15 is 0 Å². The van der Waals surface area contributed by atoms with Crippen LogP contribution in [0.15, 0.2) is 34.8 Å². The van der Waals surface area contributed by atoms with E-state index in [0.717, 1.165) is 0 Å². The van der Waals surface area contributed by atoms with Crippen molar-refractivity contribution in [3.63, 3.8) is 0 Å². The molecule has 0 heterocycles. The molecule has 0 aromatic heterocycles. The number of hydrogen-bond donors (Lipinski definition) is 0. The van der Waals surface area contributed by atoms with Crippen molar-refractivity contribution in [3.8, 4) is 0 Å². The molecule has 1 aromatic rings. The van der Waals surface area contributed by atoms with Crippen LogP contribution in [0.25, 0.3) is 0 Å². The molecule has 0 aliphatic carbocycles. The van der Waals surface area contributed by atoms with Crippen LogP contribution in [-0.2, 0) is 19.1 Å². The molecular formula is C13H12FNO4. The van der Waals surface area contributed by atoms with Crippen molar-refractivity contribution in [1.82, 2.24) is 0 Å². The van der Waals surface area contributed by atoms with Gasteiger partial charge in [-0.3, -0.25) is 4.79 Å². The van der Waals surface area contributed by atoms with Gasteiger partial charge >= 0.3 is 11.9 Å². The van der Waals surface area contributed by atoms with Gasteiger partial charge in [0.25, 0.3) is 0 Å². The fraction of sp³-hybridized carbons (Fsp3) is 0.231. The molecule has 19 heavy (non-hydrogen) atoms. The highest BCUT2D eigenvalue weighted by atomic mass is 19.1. The van der Waals surface area contributed by atoms with Gasteiger partial charge in [0, 0.05) is 0 Å². The van der Waals surface area contributed by atoms with Crippen molar-refractivity contribution >= 4 is 23.5 Å². The Labute approximate surface area is 109 Å². The van der Waals surface area contributed by atoms with Gasteiger partial charge in [0.2, 0.25) is 0 Å². The van der Waals surface area contributed by atoms with E-state index in [1.165, 1.54) is 38.5 Å². The van der Waals surface area contributed by atoms with Crippen molar-refractivity contribution in [2.24, 2.45) is 4.99 Å². The average molecular weight is 265 g/mol. The summed E-state index contributed by atoms with van der Waals surface area (Å²) in [5.74, 6) is 0.683. The van der Waals surface area contributed by atoms with Crippen LogP contribution in [-0.4, -0.2) is 32.0 Å². The van der Waals surface area contributed by atoms with E-state index in [1.807, 2.05) is 0 Å². The zero-order chi connectivity index (χ0) is 14.3. The lowest BCUT2D eigenvalue weighted by atomic mass is 10.2. The van der Waals surface area contributed by atoms with Crippen molar-refractivity contribution < 1.29 is 23.5 Å². The van der Waals surface area contributed by atoms with Crippen molar-refractivity contribution in [2.45, 2.75) is 6.42 Å². The van der Waals surface area contributed by atoms with Gasteiger partial charge in [-0.25, -0.2) is 14.2 Å². The molecule has 0 spiro atoms. The summed E-state index contributed by atoms with van der Waals surface area (Å²) >= 11 is 0. The number of hydrogen-bond acceptors (Lipinski definition) is 5. The smallest absolute Gasteiger partial charge is 0.343 e. The molecule has 0 N–H and O–H groups in total. The second-order valence-corrected chi connectivity index (χ2v) is 3.42. The molecule has 0 atom stereocenters. The summed E-state index contributed by atoms with van der Waals surface area (Å²) in [4.78, 5) is 26.3. The van der Waals surface area contributed by atoms with Crippen LogP contribution >= 0.6 is 0 Å². The first-order valence-electron chi connectivity index (χ1n) is 5.30. The monoisotopic (exact) mass is 265 g/mol. The van der Waals surface area contributed by atoms with Crippen LogP contribution < -0.4 is 0 Å². The highest BCUT2D eigenvalue weighted by molar-refractivity contribution is 6.02. The van der Waals surface area contributed by atoms with E-state index in [-0.39, 0.29) is 12.0 Å². The topological polar surface area (TPSA) is 65.0 Å². The Hall–Kier alpha value is -2.46. The lowest BCUT2D eigenvalue weighted by molar-refractivity contribution is -0.143. The lowest BCUT2D eigenvalue weighted by Gasteiger charge is -2.00. The number of carbonyl (C=O) groups excluding carboxylic acids is 2. The number of ether oxygens (including phenoxy) is 2. The molecule has 100 valence electrons. The van der Waals surface area contributed by atoms with Crippen LogP contribution in [0.3, 0.4) is 0 Å². The molecule has 1 rings (SSSR count). The Balaban J connectivity index is 3.01. The van der Waals surface area contributed by atoms with Gasteiger partial charge in [-0.1, -0.05) is 0 Å². The zero-order valence-electron chi connectivity index (χ0n) is 10.5. The van der Waals surface area contributed by atoms with Gasteiger partial charge in [0.05, 0.1) is 26.3 Å². The first-order chi connectivity index (χ1) is 9.06. The van der Waals surface area contributed by atoms with Gasteiger partial charge < -0.3 is 9.47 Å². The van der Waals surface area contributed by atoms with Crippen LogP contribution in [0.5, 0.6) is 0 Å². The number of rotatable bonds is 4. The van der Waals surface area contributed by atoms with E-state index in [1.54, 1.807) is 0 Å². The Morgan fingerprint density at radius 2 is 1.84 bits per heavy atom. The van der Waals surface area contributed by atoms with Crippen LogP contribution in [0.4, 0.5) is 10.1 Å². The third-order valence-corrected chi connectivity index (χ3v) is 2.13. The maximum Gasteiger partial charge on any atom is 0.343 e. The Bertz CT molecular complexity index is 530. The minimum absolute atomic E-state index is 0.0707. The standard InChI is InChI=1S/C13H12FNO4/c1-18-12(16)7-9(13(17)19-2)8-15-11-5-3-10(14)4-6-11/h3-6H,7H2,1-2H3.